The van der Waals surface area contributed by atoms with Gasteiger partial charge in [-0.3, -0.25) is 9.78 Å². The molecule has 0 spiro atoms. The van der Waals surface area contributed by atoms with E-state index in [1.54, 1.807) is 49.8 Å². The zero-order chi connectivity index (χ0) is 13.2. The number of pyridine rings is 1. The van der Waals surface area contributed by atoms with Gasteiger partial charge in [0, 0.05) is 24.0 Å². The summed E-state index contributed by atoms with van der Waals surface area (Å²) in [5, 5.41) is 0.511. The van der Waals surface area contributed by atoms with Gasteiger partial charge in [0.25, 0.3) is 0 Å². The van der Waals surface area contributed by atoms with Crippen LogP contribution in [0.3, 0.4) is 0 Å². The second-order valence-corrected chi connectivity index (χ2v) is 4.07. The Morgan fingerprint density at radius 1 is 1.11 bits per heavy atom. The molecule has 0 amide bonds. The van der Waals surface area contributed by atoms with Crippen molar-refractivity contribution in [2.75, 3.05) is 7.11 Å². The van der Waals surface area contributed by atoms with Crippen molar-refractivity contribution in [1.29, 1.82) is 0 Å². The van der Waals surface area contributed by atoms with Gasteiger partial charge in [-0.05, 0) is 30.3 Å². The Morgan fingerprint density at radius 3 is 2.63 bits per heavy atom. The monoisotopic (exact) mass is 253 g/mol. The average Bonchev–Trinajstić information content (AvgIpc) is 2.48. The van der Waals surface area contributed by atoms with E-state index < -0.39 is 0 Å². The van der Waals surface area contributed by atoms with Crippen LogP contribution in [0.4, 0.5) is 0 Å². The molecule has 94 valence electrons. The van der Waals surface area contributed by atoms with Gasteiger partial charge in [0.2, 0.25) is 0 Å². The largest absolute Gasteiger partial charge is 0.497 e. The molecule has 4 nitrogen and oxygen atoms in total. The van der Waals surface area contributed by atoms with E-state index in [0.717, 1.165) is 5.56 Å². The predicted octanol–water partition coefficient (Wildman–Crippen LogP) is 2.86. The first-order valence-corrected chi connectivity index (χ1v) is 5.80. The molecule has 0 N–H and O–H groups in total. The Labute approximate surface area is 109 Å². The summed E-state index contributed by atoms with van der Waals surface area (Å²) in [7, 11) is 1.56. The number of ether oxygens (including phenoxy) is 1. The van der Waals surface area contributed by atoms with Gasteiger partial charge < -0.3 is 9.15 Å². The van der Waals surface area contributed by atoms with Crippen molar-refractivity contribution >= 4 is 11.0 Å². The average molecular weight is 253 g/mol. The molecule has 0 aliphatic carbocycles. The van der Waals surface area contributed by atoms with E-state index in [9.17, 15) is 4.79 Å². The summed E-state index contributed by atoms with van der Waals surface area (Å²) < 4.78 is 10.8. The highest BCUT2D eigenvalue weighted by Crippen LogP contribution is 2.23. The van der Waals surface area contributed by atoms with E-state index in [0.29, 0.717) is 22.5 Å². The van der Waals surface area contributed by atoms with Crippen molar-refractivity contribution in [3.8, 4) is 17.1 Å². The Kier molecular flexibility index (Phi) is 2.76. The van der Waals surface area contributed by atoms with Crippen LogP contribution in [-0.4, -0.2) is 12.1 Å². The Bertz CT molecular complexity index is 778. The molecule has 1 aromatic carbocycles. The maximum Gasteiger partial charge on any atom is 0.193 e. The quantitative estimate of drug-likeness (QED) is 0.704. The highest BCUT2D eigenvalue weighted by atomic mass is 16.5. The molecular formula is C15H11NO3. The predicted molar refractivity (Wildman–Crippen MR) is 72.3 cm³/mol. The Hall–Kier alpha value is -2.62. The SMILES string of the molecule is COc1ccc2oc(-c3ccncc3)cc(=O)c2c1. The number of hydrogen-bond donors (Lipinski definition) is 0. The van der Waals surface area contributed by atoms with Crippen molar-refractivity contribution in [3.05, 3.63) is 59.0 Å². The summed E-state index contributed by atoms with van der Waals surface area (Å²) in [6, 6.07) is 10.3. The molecule has 0 radical (unpaired) electrons. The molecule has 0 saturated heterocycles. The van der Waals surface area contributed by atoms with Crippen LogP contribution in [0.15, 0.2) is 58.0 Å². The van der Waals surface area contributed by atoms with Crippen LogP contribution in [-0.2, 0) is 0 Å². The van der Waals surface area contributed by atoms with Crippen molar-refractivity contribution in [3.63, 3.8) is 0 Å². The van der Waals surface area contributed by atoms with E-state index in [-0.39, 0.29) is 5.43 Å². The third-order valence-corrected chi connectivity index (χ3v) is 2.90. The fraction of sp³-hybridized carbons (Fsp3) is 0.0667. The van der Waals surface area contributed by atoms with Gasteiger partial charge in [-0.25, -0.2) is 0 Å². The molecule has 0 atom stereocenters. The lowest BCUT2D eigenvalue weighted by molar-refractivity contribution is 0.415. The van der Waals surface area contributed by atoms with Crippen LogP contribution in [0.1, 0.15) is 0 Å². The lowest BCUT2D eigenvalue weighted by Gasteiger charge is -2.04. The molecule has 4 heteroatoms. The van der Waals surface area contributed by atoms with Gasteiger partial charge in [0.15, 0.2) is 5.43 Å². The standard InChI is InChI=1S/C15H11NO3/c1-18-11-2-3-14-12(8-11)13(17)9-15(19-14)10-4-6-16-7-5-10/h2-9H,1H3. The molecule has 0 bridgehead atoms. The first kappa shape index (κ1) is 11.5. The minimum Gasteiger partial charge on any atom is -0.497 e. The molecule has 3 rings (SSSR count). The zero-order valence-corrected chi connectivity index (χ0v) is 10.3. The lowest BCUT2D eigenvalue weighted by atomic mass is 10.1. The smallest absolute Gasteiger partial charge is 0.193 e. The molecule has 0 fully saturated rings. The van der Waals surface area contributed by atoms with Crippen LogP contribution >= 0.6 is 0 Å². The van der Waals surface area contributed by atoms with Gasteiger partial charge in [-0.1, -0.05) is 0 Å². The van der Waals surface area contributed by atoms with Gasteiger partial charge in [-0.15, -0.1) is 0 Å². The summed E-state index contributed by atoms with van der Waals surface area (Å²) in [6.45, 7) is 0. The van der Waals surface area contributed by atoms with Crippen LogP contribution in [0.2, 0.25) is 0 Å². The van der Waals surface area contributed by atoms with Crippen molar-refractivity contribution in [2.24, 2.45) is 0 Å². The van der Waals surface area contributed by atoms with Crippen molar-refractivity contribution in [2.45, 2.75) is 0 Å². The first-order chi connectivity index (χ1) is 9.28. The van der Waals surface area contributed by atoms with E-state index in [1.165, 1.54) is 6.07 Å². The van der Waals surface area contributed by atoms with Crippen LogP contribution in [0, 0.1) is 0 Å². The Balaban J connectivity index is 2.23. The van der Waals surface area contributed by atoms with Crippen LogP contribution < -0.4 is 10.2 Å². The molecule has 0 aliphatic heterocycles. The summed E-state index contributed by atoms with van der Waals surface area (Å²) in [4.78, 5) is 16.1. The molecule has 0 aliphatic rings. The van der Waals surface area contributed by atoms with E-state index in [1.807, 2.05) is 0 Å². The molecule has 0 saturated carbocycles. The molecular weight excluding hydrogens is 242 g/mol. The number of methoxy groups -OCH3 is 1. The first-order valence-electron chi connectivity index (χ1n) is 5.80. The van der Waals surface area contributed by atoms with E-state index in [4.69, 9.17) is 9.15 Å². The topological polar surface area (TPSA) is 52.3 Å². The molecule has 3 aromatic rings. The van der Waals surface area contributed by atoms with E-state index >= 15 is 0 Å². The number of rotatable bonds is 2. The highest BCUT2D eigenvalue weighted by Gasteiger charge is 2.07. The molecule has 2 aromatic heterocycles. The maximum atomic E-state index is 12.1. The van der Waals surface area contributed by atoms with Gasteiger partial charge in [0.05, 0.1) is 12.5 Å². The van der Waals surface area contributed by atoms with Crippen molar-refractivity contribution in [1.82, 2.24) is 4.98 Å². The second-order valence-electron chi connectivity index (χ2n) is 4.07. The third kappa shape index (κ3) is 2.08. The zero-order valence-electron chi connectivity index (χ0n) is 10.3. The highest BCUT2D eigenvalue weighted by molar-refractivity contribution is 5.80. The number of benzene rings is 1. The number of nitrogens with zero attached hydrogens (tertiary/aromatic N) is 1. The summed E-state index contributed by atoms with van der Waals surface area (Å²) in [5.41, 5.74) is 1.27. The number of fused-ring (bicyclic) bond motifs is 1. The summed E-state index contributed by atoms with van der Waals surface area (Å²) in [5.74, 6) is 1.17. The van der Waals surface area contributed by atoms with Crippen LogP contribution in [0.5, 0.6) is 5.75 Å². The molecule has 0 unspecified atom stereocenters. The fourth-order valence-corrected chi connectivity index (χ4v) is 1.92. The minimum atomic E-state index is -0.0908. The Morgan fingerprint density at radius 2 is 1.89 bits per heavy atom. The summed E-state index contributed by atoms with van der Waals surface area (Å²) >= 11 is 0. The second kappa shape index (κ2) is 4.57. The van der Waals surface area contributed by atoms with Crippen molar-refractivity contribution < 1.29 is 9.15 Å². The van der Waals surface area contributed by atoms with Gasteiger partial charge in [0.1, 0.15) is 17.1 Å². The van der Waals surface area contributed by atoms with Gasteiger partial charge >= 0.3 is 0 Å². The lowest BCUT2D eigenvalue weighted by Crippen LogP contribution is -2.00. The fourth-order valence-electron chi connectivity index (χ4n) is 1.92. The van der Waals surface area contributed by atoms with Gasteiger partial charge in [-0.2, -0.15) is 0 Å². The maximum absolute atomic E-state index is 12.1. The molecule has 19 heavy (non-hydrogen) atoms. The summed E-state index contributed by atoms with van der Waals surface area (Å²) in [6.07, 6.45) is 3.32. The normalized spacial score (nSPS) is 10.6. The van der Waals surface area contributed by atoms with E-state index in [2.05, 4.69) is 4.98 Å². The minimum absolute atomic E-state index is 0.0908. The third-order valence-electron chi connectivity index (χ3n) is 2.90. The molecule has 2 heterocycles. The number of aromatic nitrogens is 1. The van der Waals surface area contributed by atoms with Crippen LogP contribution in [0.25, 0.3) is 22.3 Å². The number of hydrogen-bond acceptors (Lipinski definition) is 4.